The zero-order chi connectivity index (χ0) is 21.3. The molecular formula is C19H29N7O3. The molecule has 10 heteroatoms. The van der Waals surface area contributed by atoms with Crippen LogP contribution in [0.15, 0.2) is 10.8 Å². The van der Waals surface area contributed by atoms with Crippen molar-refractivity contribution in [2.24, 2.45) is 11.7 Å². The predicted molar refractivity (Wildman–Crippen MR) is 109 cm³/mol. The Morgan fingerprint density at radius 1 is 1.31 bits per heavy atom. The van der Waals surface area contributed by atoms with Crippen LogP contribution in [-0.4, -0.2) is 42.6 Å². The Kier molecular flexibility index (Phi) is 5.76. The monoisotopic (exact) mass is 403 g/mol. The summed E-state index contributed by atoms with van der Waals surface area (Å²) in [4.78, 5) is 9.11. The normalized spacial score (nSPS) is 13.4. The van der Waals surface area contributed by atoms with E-state index in [2.05, 4.69) is 34.1 Å². The van der Waals surface area contributed by atoms with Crippen LogP contribution >= 0.6 is 0 Å². The number of nitrogens with two attached hydrogens (primary N) is 2. The highest BCUT2D eigenvalue weighted by molar-refractivity contribution is 5.88. The highest BCUT2D eigenvalue weighted by atomic mass is 16.6. The second-order valence-corrected chi connectivity index (χ2v) is 7.95. The van der Waals surface area contributed by atoms with Crippen LogP contribution in [0.25, 0.3) is 22.6 Å². The lowest BCUT2D eigenvalue weighted by Crippen LogP contribution is -2.28. The molecule has 3 rings (SSSR count). The van der Waals surface area contributed by atoms with Crippen molar-refractivity contribution in [3.8, 4) is 17.3 Å². The number of pyridine rings is 1. The third-order valence-corrected chi connectivity index (χ3v) is 4.92. The molecule has 0 fully saturated rings. The molecule has 158 valence electrons. The molecule has 0 aromatic carbocycles. The zero-order valence-electron chi connectivity index (χ0n) is 17.5. The first-order valence-corrected chi connectivity index (χ1v) is 9.74. The van der Waals surface area contributed by atoms with Gasteiger partial charge in [-0.3, -0.25) is 4.98 Å². The second-order valence-electron chi connectivity index (χ2n) is 7.95. The summed E-state index contributed by atoms with van der Waals surface area (Å²) in [5, 5.41) is 18.1. The van der Waals surface area contributed by atoms with Crippen LogP contribution in [-0.2, 0) is 12.1 Å². The smallest absolute Gasteiger partial charge is 0.199 e. The van der Waals surface area contributed by atoms with Crippen LogP contribution in [0.1, 0.15) is 46.7 Å². The molecule has 0 saturated carbocycles. The lowest BCUT2D eigenvalue weighted by molar-refractivity contribution is 0.0753. The Balaban J connectivity index is 2.13. The molecule has 0 spiro atoms. The number of nitrogens with zero attached hydrogens (tertiary/aromatic N) is 5. The van der Waals surface area contributed by atoms with Crippen molar-refractivity contribution in [1.82, 2.24) is 24.8 Å². The molecule has 0 unspecified atom stereocenters. The van der Waals surface area contributed by atoms with Crippen LogP contribution in [0.5, 0.6) is 5.75 Å². The summed E-state index contributed by atoms with van der Waals surface area (Å²) in [5.41, 5.74) is 12.8. The SMILES string of the molecule is CCn1c(-c2nonc2N)nc2c(C(C)(C)O)ncc(OCC[C@@H](N)C(C)C)c21. The van der Waals surface area contributed by atoms with E-state index >= 15 is 0 Å². The van der Waals surface area contributed by atoms with Crippen LogP contribution in [0.4, 0.5) is 5.82 Å². The molecule has 0 aliphatic heterocycles. The van der Waals surface area contributed by atoms with E-state index in [1.165, 1.54) is 0 Å². The standard InChI is InChI=1S/C19H29N7O3/c1-6-26-15-12(28-8-7-11(20)10(2)3)9-22-16(19(4,5)27)13(15)23-18(26)14-17(21)25-29-24-14/h9-11,27H,6-8,20H2,1-5H3,(H2,21,25)/t11-/m1/s1. The molecule has 0 saturated heterocycles. The van der Waals surface area contributed by atoms with Crippen LogP contribution in [0.3, 0.4) is 0 Å². The lowest BCUT2D eigenvalue weighted by Gasteiger charge is -2.19. The van der Waals surface area contributed by atoms with Crippen molar-refractivity contribution in [3.63, 3.8) is 0 Å². The number of hydrogen-bond donors (Lipinski definition) is 3. The minimum Gasteiger partial charge on any atom is -0.490 e. The summed E-state index contributed by atoms with van der Waals surface area (Å²) in [6, 6.07) is 0.0433. The minimum absolute atomic E-state index is 0.0433. The Labute approximate surface area is 169 Å². The molecule has 0 amide bonds. The van der Waals surface area contributed by atoms with E-state index in [1.54, 1.807) is 20.0 Å². The van der Waals surface area contributed by atoms with Crippen LogP contribution in [0, 0.1) is 5.92 Å². The summed E-state index contributed by atoms with van der Waals surface area (Å²) >= 11 is 0. The first-order valence-electron chi connectivity index (χ1n) is 9.74. The lowest BCUT2D eigenvalue weighted by atomic mass is 10.0. The fraction of sp³-hybridized carbons (Fsp3) is 0.579. The second kappa shape index (κ2) is 7.96. The molecule has 0 bridgehead atoms. The maximum absolute atomic E-state index is 10.6. The van der Waals surface area contributed by atoms with Gasteiger partial charge < -0.3 is 25.9 Å². The summed E-state index contributed by atoms with van der Waals surface area (Å²) < 4.78 is 12.7. The third-order valence-electron chi connectivity index (χ3n) is 4.92. The van der Waals surface area contributed by atoms with Crippen molar-refractivity contribution >= 4 is 16.9 Å². The predicted octanol–water partition coefficient (Wildman–Crippen LogP) is 2.06. The van der Waals surface area contributed by atoms with E-state index in [0.717, 1.165) is 0 Å². The van der Waals surface area contributed by atoms with Crippen molar-refractivity contribution in [1.29, 1.82) is 0 Å². The van der Waals surface area contributed by atoms with Gasteiger partial charge in [0.1, 0.15) is 16.6 Å². The van der Waals surface area contributed by atoms with Gasteiger partial charge in [0.15, 0.2) is 23.1 Å². The van der Waals surface area contributed by atoms with Crippen molar-refractivity contribution in [3.05, 3.63) is 11.9 Å². The fourth-order valence-corrected chi connectivity index (χ4v) is 3.14. The summed E-state index contributed by atoms with van der Waals surface area (Å²) in [5.74, 6) is 1.53. The molecule has 3 heterocycles. The molecule has 0 aliphatic rings. The van der Waals surface area contributed by atoms with Gasteiger partial charge in [0, 0.05) is 12.6 Å². The maximum Gasteiger partial charge on any atom is 0.199 e. The number of aryl methyl sites for hydroxylation is 1. The van der Waals surface area contributed by atoms with Gasteiger partial charge >= 0.3 is 0 Å². The van der Waals surface area contributed by atoms with E-state index in [0.29, 0.717) is 59.5 Å². The van der Waals surface area contributed by atoms with Gasteiger partial charge in [0.25, 0.3) is 0 Å². The van der Waals surface area contributed by atoms with Gasteiger partial charge in [0.2, 0.25) is 0 Å². The molecule has 0 radical (unpaired) electrons. The van der Waals surface area contributed by atoms with Crippen molar-refractivity contribution in [2.75, 3.05) is 12.3 Å². The average molecular weight is 403 g/mol. The number of imidazole rings is 1. The van der Waals surface area contributed by atoms with Crippen molar-refractivity contribution in [2.45, 2.75) is 59.2 Å². The first kappa shape index (κ1) is 21.0. The van der Waals surface area contributed by atoms with Gasteiger partial charge in [-0.15, -0.1) is 0 Å². The number of aromatic nitrogens is 5. The molecule has 29 heavy (non-hydrogen) atoms. The summed E-state index contributed by atoms with van der Waals surface area (Å²) in [7, 11) is 0. The van der Waals surface area contributed by atoms with Gasteiger partial charge in [-0.05, 0) is 43.4 Å². The van der Waals surface area contributed by atoms with Gasteiger partial charge in [0.05, 0.1) is 18.5 Å². The Morgan fingerprint density at radius 3 is 2.59 bits per heavy atom. The minimum atomic E-state index is -1.20. The third kappa shape index (κ3) is 4.03. The number of anilines is 1. The van der Waals surface area contributed by atoms with E-state index in [4.69, 9.17) is 20.8 Å². The molecule has 3 aromatic rings. The van der Waals surface area contributed by atoms with E-state index in [1.807, 2.05) is 11.5 Å². The molecular weight excluding hydrogens is 374 g/mol. The fourth-order valence-electron chi connectivity index (χ4n) is 3.14. The largest absolute Gasteiger partial charge is 0.490 e. The Morgan fingerprint density at radius 2 is 2.03 bits per heavy atom. The molecule has 0 aliphatic carbocycles. The number of hydrogen-bond acceptors (Lipinski definition) is 9. The maximum atomic E-state index is 10.6. The molecule has 3 aromatic heterocycles. The molecule has 1 atom stereocenters. The molecule has 10 nitrogen and oxygen atoms in total. The number of ether oxygens (including phenoxy) is 1. The van der Waals surface area contributed by atoms with Crippen molar-refractivity contribution < 1.29 is 14.5 Å². The first-order chi connectivity index (χ1) is 13.6. The van der Waals surface area contributed by atoms with Crippen LogP contribution < -0.4 is 16.2 Å². The highest BCUT2D eigenvalue weighted by Gasteiger charge is 2.29. The van der Waals surface area contributed by atoms with Crippen LogP contribution in [0.2, 0.25) is 0 Å². The highest BCUT2D eigenvalue weighted by Crippen LogP contribution is 2.36. The number of fused-ring (bicyclic) bond motifs is 1. The Bertz CT molecular complexity index is 988. The Hall–Kier alpha value is -2.72. The quantitative estimate of drug-likeness (QED) is 0.513. The van der Waals surface area contributed by atoms with E-state index < -0.39 is 5.60 Å². The summed E-state index contributed by atoms with van der Waals surface area (Å²) in [6.45, 7) is 10.5. The number of rotatable bonds is 8. The summed E-state index contributed by atoms with van der Waals surface area (Å²) in [6.07, 6.45) is 2.32. The zero-order valence-corrected chi connectivity index (χ0v) is 17.5. The number of aliphatic hydroxyl groups is 1. The van der Waals surface area contributed by atoms with E-state index in [9.17, 15) is 5.11 Å². The van der Waals surface area contributed by atoms with E-state index in [-0.39, 0.29) is 11.9 Å². The topological polar surface area (TPSA) is 151 Å². The number of nitrogen functional groups attached to an aromatic ring is 1. The average Bonchev–Trinajstić information content (AvgIpc) is 3.23. The molecule has 5 N–H and O–H groups in total. The van der Waals surface area contributed by atoms with Gasteiger partial charge in [-0.1, -0.05) is 13.8 Å². The van der Waals surface area contributed by atoms with Gasteiger partial charge in [-0.25, -0.2) is 9.61 Å². The van der Waals surface area contributed by atoms with Gasteiger partial charge in [-0.2, -0.15) is 0 Å².